The maximum absolute atomic E-state index is 6.41. The van der Waals surface area contributed by atoms with Crippen molar-refractivity contribution < 1.29 is 4.74 Å². The van der Waals surface area contributed by atoms with Crippen molar-refractivity contribution >= 4 is 17.3 Å². The van der Waals surface area contributed by atoms with Crippen LogP contribution in [-0.4, -0.2) is 25.3 Å². The van der Waals surface area contributed by atoms with Gasteiger partial charge in [0.25, 0.3) is 0 Å². The van der Waals surface area contributed by atoms with E-state index < -0.39 is 0 Å². The lowest BCUT2D eigenvalue weighted by molar-refractivity contribution is 0.0991. The van der Waals surface area contributed by atoms with Gasteiger partial charge >= 0.3 is 0 Å². The molecular formula is C13H15ClN2O. The van der Waals surface area contributed by atoms with Crippen molar-refractivity contribution in [2.75, 3.05) is 18.1 Å². The zero-order valence-electron chi connectivity index (χ0n) is 9.58. The van der Waals surface area contributed by atoms with Crippen molar-refractivity contribution in [2.24, 2.45) is 0 Å². The number of benzene rings is 1. The first-order chi connectivity index (χ1) is 8.31. The molecule has 1 N–H and O–H groups in total. The highest BCUT2D eigenvalue weighted by atomic mass is 35.5. The van der Waals surface area contributed by atoms with Crippen LogP contribution in [-0.2, 0) is 17.8 Å². The fourth-order valence-corrected chi connectivity index (χ4v) is 3.52. The number of halogens is 1. The molecule has 0 spiro atoms. The topological polar surface area (TPSA) is 24.5 Å². The van der Waals surface area contributed by atoms with E-state index in [1.165, 1.54) is 16.8 Å². The molecule has 1 unspecified atom stereocenters. The molecule has 4 heteroatoms. The molecule has 1 aromatic rings. The molecular weight excluding hydrogens is 236 g/mol. The van der Waals surface area contributed by atoms with Gasteiger partial charge in [-0.1, -0.05) is 11.6 Å². The van der Waals surface area contributed by atoms with E-state index in [-0.39, 0.29) is 0 Å². The molecule has 3 aliphatic rings. The van der Waals surface area contributed by atoms with Gasteiger partial charge in [-0.25, -0.2) is 0 Å². The fraction of sp³-hybridized carbons (Fsp3) is 0.538. The molecule has 2 atom stereocenters. The summed E-state index contributed by atoms with van der Waals surface area (Å²) >= 11 is 6.41. The Bertz CT molecular complexity index is 477. The molecule has 90 valence electrons. The zero-order valence-corrected chi connectivity index (χ0v) is 10.3. The molecule has 2 fully saturated rings. The van der Waals surface area contributed by atoms with Crippen LogP contribution in [0.1, 0.15) is 17.5 Å². The van der Waals surface area contributed by atoms with Crippen molar-refractivity contribution in [1.82, 2.24) is 5.32 Å². The lowest BCUT2D eigenvalue weighted by Crippen LogP contribution is -2.37. The predicted octanol–water partition coefficient (Wildman–Crippen LogP) is 1.92. The number of morpholine rings is 1. The molecule has 2 bridgehead atoms. The maximum Gasteiger partial charge on any atom is 0.0771 e. The van der Waals surface area contributed by atoms with E-state index in [9.17, 15) is 0 Å². The second kappa shape index (κ2) is 3.61. The summed E-state index contributed by atoms with van der Waals surface area (Å²) in [6, 6.07) is 4.92. The second-order valence-corrected chi connectivity index (χ2v) is 5.58. The Kier molecular flexibility index (Phi) is 2.16. The van der Waals surface area contributed by atoms with Crippen molar-refractivity contribution in [2.45, 2.75) is 31.7 Å². The number of rotatable bonds is 1. The lowest BCUT2D eigenvalue weighted by atomic mass is 10.1. The Labute approximate surface area is 106 Å². The van der Waals surface area contributed by atoms with Gasteiger partial charge in [0.1, 0.15) is 0 Å². The van der Waals surface area contributed by atoms with E-state index in [4.69, 9.17) is 16.3 Å². The second-order valence-electron chi connectivity index (χ2n) is 5.17. The molecule has 17 heavy (non-hydrogen) atoms. The van der Waals surface area contributed by atoms with Crippen LogP contribution in [0.3, 0.4) is 0 Å². The number of nitrogens with one attached hydrogen (secondary N) is 1. The molecule has 1 aromatic carbocycles. The summed E-state index contributed by atoms with van der Waals surface area (Å²) in [5, 5.41) is 4.25. The highest BCUT2D eigenvalue weighted by Crippen LogP contribution is 2.38. The smallest absolute Gasteiger partial charge is 0.0771 e. The molecule has 0 amide bonds. The molecule has 3 nitrogen and oxygen atoms in total. The average molecular weight is 251 g/mol. The van der Waals surface area contributed by atoms with Gasteiger partial charge in [-0.05, 0) is 29.7 Å². The maximum atomic E-state index is 6.41. The van der Waals surface area contributed by atoms with Crippen LogP contribution in [0.15, 0.2) is 12.1 Å². The standard InChI is InChI=1S/C13H15ClN2O/c14-12-1-8-4-15-5-9(8)2-13(12)16-6-11-3-10(16)7-17-11/h1-2,10-11,15H,3-7H2/t10?,11-/m0/s1. The third-order valence-corrected chi connectivity index (χ3v) is 4.41. The number of fused-ring (bicyclic) bond motifs is 3. The zero-order chi connectivity index (χ0) is 11.4. The van der Waals surface area contributed by atoms with Crippen molar-refractivity contribution in [3.8, 4) is 0 Å². The van der Waals surface area contributed by atoms with Gasteiger partial charge in [-0.15, -0.1) is 0 Å². The molecule has 4 rings (SSSR count). The summed E-state index contributed by atoms with van der Waals surface area (Å²) < 4.78 is 5.64. The van der Waals surface area contributed by atoms with E-state index in [0.29, 0.717) is 12.1 Å². The molecule has 0 saturated carbocycles. The highest BCUT2D eigenvalue weighted by Gasteiger charge is 2.39. The van der Waals surface area contributed by atoms with Gasteiger partial charge in [0.15, 0.2) is 0 Å². The first kappa shape index (κ1) is 10.2. The average Bonchev–Trinajstić information content (AvgIpc) is 3.02. The van der Waals surface area contributed by atoms with Crippen molar-refractivity contribution in [3.63, 3.8) is 0 Å². The molecule has 3 aliphatic heterocycles. The quantitative estimate of drug-likeness (QED) is 0.824. The summed E-state index contributed by atoms with van der Waals surface area (Å²) in [4.78, 5) is 2.43. The van der Waals surface area contributed by atoms with Crippen molar-refractivity contribution in [1.29, 1.82) is 0 Å². The first-order valence-corrected chi connectivity index (χ1v) is 6.59. The highest BCUT2D eigenvalue weighted by molar-refractivity contribution is 6.33. The number of ether oxygens (including phenoxy) is 1. The van der Waals surface area contributed by atoms with Crippen molar-refractivity contribution in [3.05, 3.63) is 28.3 Å². The Morgan fingerprint density at radius 1 is 1.29 bits per heavy atom. The van der Waals surface area contributed by atoms with E-state index in [1.807, 2.05) is 0 Å². The van der Waals surface area contributed by atoms with Crippen LogP contribution in [0.2, 0.25) is 5.02 Å². The third-order valence-electron chi connectivity index (χ3n) is 4.11. The van der Waals surface area contributed by atoms with Crippen LogP contribution in [0, 0.1) is 0 Å². The van der Waals surface area contributed by atoms with E-state index in [2.05, 4.69) is 22.3 Å². The number of hydrogen-bond acceptors (Lipinski definition) is 3. The molecule has 3 heterocycles. The molecule has 0 aliphatic carbocycles. The van der Waals surface area contributed by atoms with Crippen LogP contribution in [0.5, 0.6) is 0 Å². The van der Waals surface area contributed by atoms with E-state index in [1.54, 1.807) is 0 Å². The van der Waals surface area contributed by atoms with Crippen LogP contribution < -0.4 is 10.2 Å². The Morgan fingerprint density at radius 2 is 2.12 bits per heavy atom. The minimum absolute atomic E-state index is 0.419. The summed E-state index contributed by atoms with van der Waals surface area (Å²) in [6.45, 7) is 3.77. The lowest BCUT2D eigenvalue weighted by Gasteiger charge is -2.30. The largest absolute Gasteiger partial charge is 0.374 e. The summed E-state index contributed by atoms with van der Waals surface area (Å²) in [7, 11) is 0. The third kappa shape index (κ3) is 1.49. The Morgan fingerprint density at radius 3 is 2.82 bits per heavy atom. The van der Waals surface area contributed by atoms with Crippen LogP contribution in [0.25, 0.3) is 0 Å². The van der Waals surface area contributed by atoms with Gasteiger partial charge in [0.05, 0.1) is 29.5 Å². The van der Waals surface area contributed by atoms with Gasteiger partial charge < -0.3 is 15.0 Å². The van der Waals surface area contributed by atoms with E-state index >= 15 is 0 Å². The normalized spacial score (nSPS) is 30.1. The van der Waals surface area contributed by atoms with E-state index in [0.717, 1.165) is 37.7 Å². The number of anilines is 1. The van der Waals surface area contributed by atoms with Crippen LogP contribution >= 0.6 is 11.6 Å². The van der Waals surface area contributed by atoms with Gasteiger partial charge in [0, 0.05) is 19.6 Å². The molecule has 2 saturated heterocycles. The minimum atomic E-state index is 0.419. The summed E-state index contributed by atoms with van der Waals surface area (Å²) in [5.74, 6) is 0. The number of nitrogens with zero attached hydrogens (tertiary/aromatic N) is 1. The predicted molar refractivity (Wildman–Crippen MR) is 67.5 cm³/mol. The summed E-state index contributed by atoms with van der Waals surface area (Å²) in [5.41, 5.74) is 3.94. The summed E-state index contributed by atoms with van der Waals surface area (Å²) in [6.07, 6.45) is 1.58. The fourth-order valence-electron chi connectivity index (χ4n) is 3.22. The Hall–Kier alpha value is -0.770. The number of hydrogen-bond donors (Lipinski definition) is 1. The van der Waals surface area contributed by atoms with Gasteiger partial charge in [-0.3, -0.25) is 0 Å². The molecule has 0 radical (unpaired) electrons. The van der Waals surface area contributed by atoms with Crippen LogP contribution in [0.4, 0.5) is 5.69 Å². The van der Waals surface area contributed by atoms with Gasteiger partial charge in [-0.2, -0.15) is 0 Å². The van der Waals surface area contributed by atoms with Gasteiger partial charge in [0.2, 0.25) is 0 Å². The SMILES string of the molecule is Clc1cc2c(cc1N1C[C@@H]3CC1CO3)CNC2. The minimum Gasteiger partial charge on any atom is -0.374 e. The molecule has 0 aromatic heterocycles. The Balaban J connectivity index is 1.74. The monoisotopic (exact) mass is 250 g/mol. The first-order valence-electron chi connectivity index (χ1n) is 6.21.